The second kappa shape index (κ2) is 6.02. The number of rotatable bonds is 5. The molecule has 0 saturated carbocycles. The number of thioether (sulfide) groups is 1. The quantitative estimate of drug-likeness (QED) is 0.831. The average molecular weight is 265 g/mol. The molecule has 0 unspecified atom stereocenters. The van der Waals surface area contributed by atoms with Gasteiger partial charge in [-0.1, -0.05) is 0 Å². The van der Waals surface area contributed by atoms with Gasteiger partial charge < -0.3 is 4.90 Å². The first kappa shape index (κ1) is 12.4. The zero-order valence-electron chi connectivity index (χ0n) is 9.96. The molecule has 0 N–H and O–H groups in total. The fourth-order valence-electron chi connectivity index (χ4n) is 1.38. The van der Waals surface area contributed by atoms with Gasteiger partial charge in [-0.2, -0.15) is 0 Å². The fourth-order valence-corrected chi connectivity index (χ4v) is 3.06. The van der Waals surface area contributed by atoms with Crippen LogP contribution in [-0.4, -0.2) is 24.1 Å². The van der Waals surface area contributed by atoms with E-state index in [4.69, 9.17) is 0 Å². The van der Waals surface area contributed by atoms with Crippen LogP contribution in [0.1, 0.15) is 10.6 Å². The Labute approximate surface area is 110 Å². The first-order chi connectivity index (χ1) is 8.25. The lowest BCUT2D eigenvalue weighted by atomic mass is 10.3. The van der Waals surface area contributed by atoms with Gasteiger partial charge in [0, 0.05) is 43.4 Å². The van der Waals surface area contributed by atoms with Crippen molar-refractivity contribution in [2.75, 3.05) is 19.0 Å². The van der Waals surface area contributed by atoms with Crippen molar-refractivity contribution >= 4 is 28.9 Å². The molecule has 5 heteroatoms. The molecule has 2 aromatic rings. The van der Waals surface area contributed by atoms with Crippen LogP contribution < -0.4 is 4.90 Å². The second-order valence-electron chi connectivity index (χ2n) is 3.84. The maximum Gasteiger partial charge on any atom is 0.128 e. The molecule has 2 aromatic heterocycles. The molecule has 2 rings (SSSR count). The maximum atomic E-state index is 4.30. The minimum absolute atomic E-state index is 0.983. The Bertz CT molecular complexity index is 455. The van der Waals surface area contributed by atoms with Gasteiger partial charge in [-0.25, -0.2) is 9.97 Å². The summed E-state index contributed by atoms with van der Waals surface area (Å²) in [5.41, 5.74) is 1.31. The summed E-state index contributed by atoms with van der Waals surface area (Å²) in [4.78, 5) is 10.6. The number of pyridine rings is 1. The Morgan fingerprint density at radius 1 is 1.24 bits per heavy atom. The summed E-state index contributed by atoms with van der Waals surface area (Å²) in [6.45, 7) is 0. The summed E-state index contributed by atoms with van der Waals surface area (Å²) in [7, 11) is 4.02. The molecule has 0 radical (unpaired) electrons. The summed E-state index contributed by atoms with van der Waals surface area (Å²) in [6, 6.07) is 4.21. The van der Waals surface area contributed by atoms with E-state index in [1.165, 1.54) is 10.6 Å². The molecule has 0 spiro atoms. The highest BCUT2D eigenvalue weighted by Gasteiger charge is 2.01. The van der Waals surface area contributed by atoms with Gasteiger partial charge in [0.2, 0.25) is 0 Å². The van der Waals surface area contributed by atoms with E-state index < -0.39 is 0 Å². The molecule has 0 aromatic carbocycles. The zero-order chi connectivity index (χ0) is 12.1. The molecular weight excluding hydrogens is 250 g/mol. The van der Waals surface area contributed by atoms with E-state index in [2.05, 4.69) is 22.1 Å². The van der Waals surface area contributed by atoms with Gasteiger partial charge in [0.25, 0.3) is 0 Å². The Morgan fingerprint density at radius 2 is 2.12 bits per heavy atom. The van der Waals surface area contributed by atoms with Crippen molar-refractivity contribution in [3.63, 3.8) is 0 Å². The van der Waals surface area contributed by atoms with E-state index in [1.807, 2.05) is 48.5 Å². The minimum atomic E-state index is 0.983. The molecule has 0 aliphatic carbocycles. The van der Waals surface area contributed by atoms with Crippen molar-refractivity contribution in [3.8, 4) is 0 Å². The largest absolute Gasteiger partial charge is 0.363 e. The predicted molar refractivity (Wildman–Crippen MR) is 75.7 cm³/mol. The van der Waals surface area contributed by atoms with Gasteiger partial charge in [-0.05, 0) is 17.7 Å². The first-order valence-corrected chi connectivity index (χ1v) is 7.37. The second-order valence-corrected chi connectivity index (χ2v) is 5.80. The summed E-state index contributed by atoms with van der Waals surface area (Å²) in [5.74, 6) is 3.00. The smallest absolute Gasteiger partial charge is 0.128 e. The summed E-state index contributed by atoms with van der Waals surface area (Å²) in [6.07, 6.45) is 3.73. The Hall–Kier alpha value is -1.07. The van der Waals surface area contributed by atoms with E-state index in [0.29, 0.717) is 0 Å². The highest BCUT2D eigenvalue weighted by molar-refractivity contribution is 7.97. The number of hydrogen-bond donors (Lipinski definition) is 0. The lowest BCUT2D eigenvalue weighted by Crippen LogP contribution is -2.10. The lowest BCUT2D eigenvalue weighted by molar-refractivity contribution is 1.06. The molecule has 3 nitrogen and oxygen atoms in total. The van der Waals surface area contributed by atoms with Crippen molar-refractivity contribution in [1.82, 2.24) is 9.97 Å². The third-order valence-corrected chi connectivity index (χ3v) is 4.22. The fraction of sp³-hybridized carbons (Fsp3) is 0.333. The van der Waals surface area contributed by atoms with Crippen LogP contribution in [0.25, 0.3) is 0 Å². The zero-order valence-corrected chi connectivity index (χ0v) is 11.6. The Morgan fingerprint density at radius 3 is 2.82 bits per heavy atom. The molecule has 0 fully saturated rings. The third kappa shape index (κ3) is 3.71. The van der Waals surface area contributed by atoms with Crippen molar-refractivity contribution in [3.05, 3.63) is 40.5 Å². The summed E-state index contributed by atoms with van der Waals surface area (Å²) < 4.78 is 0. The predicted octanol–water partition coefficient (Wildman–Crippen LogP) is 3.04. The Balaban J connectivity index is 1.88. The monoisotopic (exact) mass is 265 g/mol. The van der Waals surface area contributed by atoms with Gasteiger partial charge in [-0.15, -0.1) is 23.1 Å². The molecule has 2 heterocycles. The van der Waals surface area contributed by atoms with Crippen LogP contribution in [0.4, 0.5) is 5.82 Å². The van der Waals surface area contributed by atoms with E-state index in [1.54, 1.807) is 11.3 Å². The number of thiazole rings is 1. The van der Waals surface area contributed by atoms with Crippen molar-refractivity contribution < 1.29 is 0 Å². The lowest BCUT2D eigenvalue weighted by Gasteiger charge is -2.11. The highest BCUT2D eigenvalue weighted by Crippen LogP contribution is 2.20. The highest BCUT2D eigenvalue weighted by atomic mass is 32.2. The van der Waals surface area contributed by atoms with Crippen molar-refractivity contribution in [2.45, 2.75) is 11.5 Å². The first-order valence-electron chi connectivity index (χ1n) is 5.34. The van der Waals surface area contributed by atoms with Gasteiger partial charge in [0.1, 0.15) is 10.8 Å². The average Bonchev–Trinajstić information content (AvgIpc) is 2.82. The van der Waals surface area contributed by atoms with Crippen LogP contribution in [0.15, 0.2) is 29.9 Å². The van der Waals surface area contributed by atoms with E-state index >= 15 is 0 Å². The molecule has 17 heavy (non-hydrogen) atoms. The number of nitrogens with zero attached hydrogens (tertiary/aromatic N) is 3. The van der Waals surface area contributed by atoms with Gasteiger partial charge >= 0.3 is 0 Å². The number of aromatic nitrogens is 2. The van der Waals surface area contributed by atoms with Crippen LogP contribution in [-0.2, 0) is 11.5 Å². The molecule has 0 aliphatic heterocycles. The molecule has 0 aliphatic rings. The van der Waals surface area contributed by atoms with Crippen molar-refractivity contribution in [2.24, 2.45) is 0 Å². The van der Waals surface area contributed by atoms with Crippen LogP contribution in [0.3, 0.4) is 0 Å². The summed E-state index contributed by atoms with van der Waals surface area (Å²) >= 11 is 3.60. The van der Waals surface area contributed by atoms with E-state index in [9.17, 15) is 0 Å². The molecule has 90 valence electrons. The standard InChI is InChI=1S/C12H15N3S2/c1-15(2)11-7-10(3-4-13-11)8-16-9-12-14-5-6-17-12/h3-7H,8-9H2,1-2H3. The third-order valence-electron chi connectivity index (χ3n) is 2.25. The molecular formula is C12H15N3S2. The van der Waals surface area contributed by atoms with Crippen LogP contribution in [0, 0.1) is 0 Å². The molecule has 0 amide bonds. The van der Waals surface area contributed by atoms with E-state index in [-0.39, 0.29) is 0 Å². The van der Waals surface area contributed by atoms with Gasteiger partial charge in [0.05, 0.1) is 0 Å². The molecule has 0 atom stereocenters. The van der Waals surface area contributed by atoms with E-state index in [0.717, 1.165) is 17.3 Å². The van der Waals surface area contributed by atoms with Crippen LogP contribution in [0.2, 0.25) is 0 Å². The normalized spacial score (nSPS) is 10.5. The van der Waals surface area contributed by atoms with Gasteiger partial charge in [0.15, 0.2) is 0 Å². The maximum absolute atomic E-state index is 4.30. The van der Waals surface area contributed by atoms with Crippen LogP contribution >= 0.6 is 23.1 Å². The minimum Gasteiger partial charge on any atom is -0.363 e. The van der Waals surface area contributed by atoms with Crippen molar-refractivity contribution in [1.29, 1.82) is 0 Å². The molecule has 0 bridgehead atoms. The summed E-state index contributed by atoms with van der Waals surface area (Å²) in [5, 5.41) is 3.21. The SMILES string of the molecule is CN(C)c1cc(CSCc2nccs2)ccn1. The number of hydrogen-bond acceptors (Lipinski definition) is 5. The van der Waals surface area contributed by atoms with Gasteiger partial charge in [-0.3, -0.25) is 0 Å². The Kier molecular flexibility index (Phi) is 4.39. The number of anilines is 1. The van der Waals surface area contributed by atoms with Crippen LogP contribution in [0.5, 0.6) is 0 Å². The molecule has 0 saturated heterocycles. The topological polar surface area (TPSA) is 29.0 Å².